The summed E-state index contributed by atoms with van der Waals surface area (Å²) in [7, 11) is 4.93. The van der Waals surface area contributed by atoms with Crippen LogP contribution in [-0.4, -0.2) is 62.5 Å². The van der Waals surface area contributed by atoms with E-state index in [2.05, 4.69) is 10.2 Å². The zero-order valence-electron chi connectivity index (χ0n) is 12.4. The van der Waals surface area contributed by atoms with E-state index in [-0.39, 0.29) is 17.5 Å². The van der Waals surface area contributed by atoms with Crippen LogP contribution in [0.3, 0.4) is 0 Å². The molecule has 6 nitrogen and oxygen atoms in total. The first-order valence-electron chi connectivity index (χ1n) is 6.66. The quantitative estimate of drug-likeness (QED) is 0.863. The van der Waals surface area contributed by atoms with Crippen LogP contribution in [0.4, 0.5) is 10.7 Å². The van der Waals surface area contributed by atoms with Crippen molar-refractivity contribution >= 4 is 45.6 Å². The Labute approximate surface area is 132 Å². The van der Waals surface area contributed by atoms with Crippen molar-refractivity contribution in [3.05, 3.63) is 10.4 Å². The molecule has 1 aliphatic rings. The molecule has 0 radical (unpaired) electrons. The number of nitrogens with zero attached hydrogens (tertiary/aromatic N) is 2. The average molecular weight is 328 g/mol. The summed E-state index contributed by atoms with van der Waals surface area (Å²) in [5, 5.41) is 3.42. The fourth-order valence-corrected chi connectivity index (χ4v) is 4.32. The highest BCUT2D eigenvalue weighted by Crippen LogP contribution is 2.39. The lowest BCUT2D eigenvalue weighted by molar-refractivity contribution is 0.0833. The zero-order valence-corrected chi connectivity index (χ0v) is 14.1. The first kappa shape index (κ1) is 16.0. The third kappa shape index (κ3) is 3.11. The van der Waals surface area contributed by atoms with Crippen molar-refractivity contribution in [2.24, 2.45) is 0 Å². The van der Waals surface area contributed by atoms with Crippen molar-refractivity contribution in [3.8, 4) is 0 Å². The highest BCUT2D eigenvalue weighted by Gasteiger charge is 2.29. The van der Waals surface area contributed by atoms with Gasteiger partial charge in [-0.2, -0.15) is 11.8 Å². The second kappa shape index (κ2) is 6.57. The highest BCUT2D eigenvalue weighted by atomic mass is 32.2. The molecule has 0 atom stereocenters. The second-order valence-electron chi connectivity index (χ2n) is 4.90. The van der Waals surface area contributed by atoms with Crippen molar-refractivity contribution < 1.29 is 9.59 Å². The van der Waals surface area contributed by atoms with Gasteiger partial charge in [-0.3, -0.25) is 9.59 Å². The Kier molecular flexibility index (Phi) is 5.00. The number of carbonyl (C=O) groups excluding carboxylic acids is 2. The zero-order chi connectivity index (χ0) is 15.6. The fraction of sp³-hybridized carbons (Fsp3) is 0.538. The van der Waals surface area contributed by atoms with E-state index in [1.54, 1.807) is 21.1 Å². The Hall–Kier alpha value is -1.41. The van der Waals surface area contributed by atoms with Crippen LogP contribution in [0.15, 0.2) is 0 Å². The molecule has 1 aromatic rings. The van der Waals surface area contributed by atoms with Crippen molar-refractivity contribution in [2.45, 2.75) is 0 Å². The maximum Gasteiger partial charge on any atom is 0.265 e. The van der Waals surface area contributed by atoms with Crippen LogP contribution in [0, 0.1) is 0 Å². The molecule has 0 unspecified atom stereocenters. The maximum absolute atomic E-state index is 12.2. The predicted octanol–water partition coefficient (Wildman–Crippen LogP) is 0.945. The lowest BCUT2D eigenvalue weighted by Gasteiger charge is -2.27. The van der Waals surface area contributed by atoms with Gasteiger partial charge in [-0.15, -0.1) is 11.3 Å². The number of amides is 2. The molecule has 2 amide bonds. The summed E-state index contributed by atoms with van der Waals surface area (Å²) in [6.07, 6.45) is 0. The molecule has 21 heavy (non-hydrogen) atoms. The number of anilines is 2. The molecular weight excluding hydrogens is 308 g/mol. The van der Waals surface area contributed by atoms with Crippen LogP contribution in [0.25, 0.3) is 0 Å². The predicted molar refractivity (Wildman–Crippen MR) is 89.7 cm³/mol. The van der Waals surface area contributed by atoms with Crippen LogP contribution in [0.2, 0.25) is 0 Å². The van der Waals surface area contributed by atoms with E-state index in [9.17, 15) is 9.59 Å². The molecule has 1 aliphatic heterocycles. The molecule has 2 heterocycles. The minimum absolute atomic E-state index is 0.166. The summed E-state index contributed by atoms with van der Waals surface area (Å²) in [6, 6.07) is 0. The number of carbonyl (C=O) groups is 2. The molecule has 0 bridgehead atoms. The number of hydrogen-bond acceptors (Lipinski definition) is 6. The molecule has 0 aromatic carbocycles. The maximum atomic E-state index is 12.2. The molecule has 1 fully saturated rings. The lowest BCUT2D eigenvalue weighted by Crippen LogP contribution is -2.33. The summed E-state index contributed by atoms with van der Waals surface area (Å²) in [5.41, 5.74) is 6.81. The molecule has 8 heteroatoms. The molecule has 3 N–H and O–H groups in total. The summed E-state index contributed by atoms with van der Waals surface area (Å²) >= 11 is 3.20. The van der Waals surface area contributed by atoms with Gasteiger partial charge >= 0.3 is 0 Å². The van der Waals surface area contributed by atoms with Gasteiger partial charge in [0.1, 0.15) is 9.88 Å². The van der Waals surface area contributed by atoms with Gasteiger partial charge in [0.2, 0.25) is 0 Å². The number of nitrogen functional groups attached to an aromatic ring is 1. The largest absolute Gasteiger partial charge is 0.397 e. The summed E-state index contributed by atoms with van der Waals surface area (Å²) in [6.45, 7) is 1.73. The van der Waals surface area contributed by atoms with Gasteiger partial charge in [0.25, 0.3) is 11.8 Å². The number of thiophene rings is 1. The van der Waals surface area contributed by atoms with Crippen molar-refractivity contribution in [2.75, 3.05) is 56.4 Å². The van der Waals surface area contributed by atoms with Gasteiger partial charge in [-0.25, -0.2) is 0 Å². The Morgan fingerprint density at radius 3 is 2.43 bits per heavy atom. The highest BCUT2D eigenvalue weighted by molar-refractivity contribution is 7.99. The van der Waals surface area contributed by atoms with Crippen LogP contribution >= 0.6 is 23.1 Å². The molecule has 116 valence electrons. The third-order valence-corrected chi connectivity index (χ3v) is 5.48. The van der Waals surface area contributed by atoms with Gasteiger partial charge in [0, 0.05) is 45.7 Å². The smallest absolute Gasteiger partial charge is 0.265 e. The summed E-state index contributed by atoms with van der Waals surface area (Å²) < 4.78 is 0. The van der Waals surface area contributed by atoms with Crippen molar-refractivity contribution in [1.82, 2.24) is 10.2 Å². The van der Waals surface area contributed by atoms with Gasteiger partial charge < -0.3 is 20.9 Å². The molecule has 0 saturated carbocycles. The van der Waals surface area contributed by atoms with Crippen LogP contribution < -0.4 is 16.0 Å². The topological polar surface area (TPSA) is 78.7 Å². The number of nitrogens with two attached hydrogens (primary N) is 1. The van der Waals surface area contributed by atoms with E-state index in [1.165, 1.54) is 16.2 Å². The third-order valence-electron chi connectivity index (χ3n) is 3.28. The van der Waals surface area contributed by atoms with E-state index >= 15 is 0 Å². The van der Waals surface area contributed by atoms with Gasteiger partial charge in [0.05, 0.1) is 11.3 Å². The molecule has 1 saturated heterocycles. The standard InChI is InChI=1S/C13H20N4O2S2/c1-15-11(18)8-9(14)10(12(19)16(2)3)21-13(8)17-4-6-20-7-5-17/h4-7,14H2,1-3H3,(H,15,18). The molecule has 0 spiro atoms. The Balaban J connectivity index is 2.49. The van der Waals surface area contributed by atoms with Crippen LogP contribution in [0.5, 0.6) is 0 Å². The SMILES string of the molecule is CNC(=O)c1c(N2CCSCC2)sc(C(=O)N(C)C)c1N. The molecular formula is C13H20N4O2S2. The van der Waals surface area contributed by atoms with Crippen molar-refractivity contribution in [3.63, 3.8) is 0 Å². The molecule has 2 rings (SSSR count). The van der Waals surface area contributed by atoms with Gasteiger partial charge in [-0.05, 0) is 0 Å². The first-order valence-corrected chi connectivity index (χ1v) is 8.63. The summed E-state index contributed by atoms with van der Waals surface area (Å²) in [4.78, 5) is 28.5. The monoisotopic (exact) mass is 328 g/mol. The first-order chi connectivity index (χ1) is 9.97. The van der Waals surface area contributed by atoms with E-state index in [0.717, 1.165) is 29.6 Å². The number of nitrogens with one attached hydrogen (secondary N) is 1. The van der Waals surface area contributed by atoms with Crippen LogP contribution in [0.1, 0.15) is 20.0 Å². The number of thioether (sulfide) groups is 1. The van der Waals surface area contributed by atoms with E-state index in [1.807, 2.05) is 11.8 Å². The van der Waals surface area contributed by atoms with Gasteiger partial charge in [0.15, 0.2) is 0 Å². The number of hydrogen-bond donors (Lipinski definition) is 2. The molecule has 1 aromatic heterocycles. The van der Waals surface area contributed by atoms with Crippen molar-refractivity contribution in [1.29, 1.82) is 0 Å². The second-order valence-corrected chi connectivity index (χ2v) is 7.13. The Bertz CT molecular complexity index is 551. The van der Waals surface area contributed by atoms with Crippen LogP contribution in [-0.2, 0) is 0 Å². The fourth-order valence-electron chi connectivity index (χ4n) is 2.13. The van der Waals surface area contributed by atoms with Gasteiger partial charge in [-0.1, -0.05) is 0 Å². The molecule has 0 aliphatic carbocycles. The Morgan fingerprint density at radius 1 is 1.29 bits per heavy atom. The van der Waals surface area contributed by atoms with E-state index in [0.29, 0.717) is 10.4 Å². The number of rotatable bonds is 3. The average Bonchev–Trinajstić information content (AvgIpc) is 2.84. The summed E-state index contributed by atoms with van der Waals surface area (Å²) in [5.74, 6) is 1.62. The van der Waals surface area contributed by atoms with E-state index in [4.69, 9.17) is 5.73 Å². The minimum Gasteiger partial charge on any atom is -0.397 e. The normalized spacial score (nSPS) is 14.9. The van der Waals surface area contributed by atoms with E-state index < -0.39 is 0 Å². The minimum atomic E-state index is -0.241. The Morgan fingerprint density at radius 2 is 1.90 bits per heavy atom. The lowest BCUT2D eigenvalue weighted by atomic mass is 10.2.